The molecule has 0 saturated heterocycles. The van der Waals surface area contributed by atoms with E-state index in [1.165, 1.54) is 0 Å². The lowest BCUT2D eigenvalue weighted by molar-refractivity contribution is 0.189. The maximum atomic E-state index is 5.75. The Bertz CT molecular complexity index is 365. The molecule has 2 N–H and O–H groups in total. The van der Waals surface area contributed by atoms with Crippen molar-refractivity contribution >= 4 is 6.02 Å². The van der Waals surface area contributed by atoms with Crippen LogP contribution in [-0.2, 0) is 4.74 Å². The molecule has 2 atom stereocenters. The average Bonchev–Trinajstić information content (AvgIpc) is 2.65. The van der Waals surface area contributed by atoms with E-state index in [2.05, 4.69) is 4.99 Å². The number of ether oxygens (including phenoxy) is 2. The smallest absolute Gasteiger partial charge is 0.282 e. The molecule has 86 valence electrons. The topological polar surface area (TPSA) is 56.8 Å². The molecule has 0 aliphatic carbocycles. The average molecular weight is 220 g/mol. The molecule has 1 aliphatic heterocycles. The third-order valence-corrected chi connectivity index (χ3v) is 2.42. The van der Waals surface area contributed by atoms with Gasteiger partial charge in [-0.1, -0.05) is 18.2 Å². The van der Waals surface area contributed by atoms with Crippen LogP contribution in [0.4, 0.5) is 0 Å². The van der Waals surface area contributed by atoms with Gasteiger partial charge in [-0.2, -0.15) is 0 Å². The maximum absolute atomic E-state index is 5.75. The highest BCUT2D eigenvalue weighted by atomic mass is 16.5. The highest BCUT2D eigenvalue weighted by Crippen LogP contribution is 2.15. The van der Waals surface area contributed by atoms with E-state index < -0.39 is 0 Å². The maximum Gasteiger partial charge on any atom is 0.282 e. The first-order valence-electron chi connectivity index (χ1n) is 5.42. The van der Waals surface area contributed by atoms with Gasteiger partial charge in [0.05, 0.1) is 12.1 Å². The van der Waals surface area contributed by atoms with Gasteiger partial charge in [0.2, 0.25) is 0 Å². The molecule has 0 saturated carbocycles. The van der Waals surface area contributed by atoms with Crippen LogP contribution in [0.5, 0.6) is 5.75 Å². The van der Waals surface area contributed by atoms with Crippen LogP contribution in [0, 0.1) is 0 Å². The van der Waals surface area contributed by atoms with Crippen molar-refractivity contribution < 1.29 is 9.47 Å². The lowest BCUT2D eigenvalue weighted by Gasteiger charge is -2.16. The van der Waals surface area contributed by atoms with E-state index in [-0.39, 0.29) is 18.2 Å². The van der Waals surface area contributed by atoms with Crippen LogP contribution in [0.1, 0.15) is 13.3 Å². The molecule has 16 heavy (non-hydrogen) atoms. The summed E-state index contributed by atoms with van der Waals surface area (Å²) in [6.07, 6.45) is 0.918. The van der Waals surface area contributed by atoms with E-state index in [4.69, 9.17) is 15.2 Å². The minimum atomic E-state index is 0.102. The summed E-state index contributed by atoms with van der Waals surface area (Å²) < 4.78 is 10.8. The summed E-state index contributed by atoms with van der Waals surface area (Å²) in [5.41, 5.74) is 5.44. The number of rotatable bonds is 4. The Morgan fingerprint density at radius 3 is 2.88 bits per heavy atom. The fourth-order valence-corrected chi connectivity index (χ4v) is 1.72. The van der Waals surface area contributed by atoms with Gasteiger partial charge in [0.25, 0.3) is 6.02 Å². The number of para-hydroxylation sites is 1. The zero-order valence-electron chi connectivity index (χ0n) is 9.30. The van der Waals surface area contributed by atoms with Crippen molar-refractivity contribution in [3.05, 3.63) is 30.3 Å². The number of hydrogen-bond acceptors (Lipinski definition) is 4. The summed E-state index contributed by atoms with van der Waals surface area (Å²) in [4.78, 5) is 4.16. The second-order valence-electron chi connectivity index (χ2n) is 3.91. The first-order valence-corrected chi connectivity index (χ1v) is 5.42. The third kappa shape index (κ3) is 2.89. The lowest BCUT2D eigenvalue weighted by Crippen LogP contribution is -2.20. The third-order valence-electron chi connectivity index (χ3n) is 2.42. The summed E-state index contributed by atoms with van der Waals surface area (Å²) in [5, 5.41) is 0. The Labute approximate surface area is 95.1 Å². The van der Waals surface area contributed by atoms with Gasteiger partial charge in [-0.05, 0) is 19.1 Å². The Hall–Kier alpha value is -1.71. The van der Waals surface area contributed by atoms with Crippen molar-refractivity contribution in [3.63, 3.8) is 0 Å². The minimum Gasteiger partial charge on any atom is -0.491 e. The first kappa shape index (κ1) is 10.8. The van der Waals surface area contributed by atoms with Crippen LogP contribution in [0.3, 0.4) is 0 Å². The van der Waals surface area contributed by atoms with Crippen molar-refractivity contribution in [1.82, 2.24) is 0 Å². The fraction of sp³-hybridized carbons (Fsp3) is 0.417. The summed E-state index contributed by atoms with van der Waals surface area (Å²) in [6, 6.07) is 10.2. The van der Waals surface area contributed by atoms with Crippen molar-refractivity contribution in [2.45, 2.75) is 25.5 Å². The molecule has 0 bridgehead atoms. The van der Waals surface area contributed by atoms with Crippen LogP contribution in [-0.4, -0.2) is 24.8 Å². The van der Waals surface area contributed by atoms with Crippen LogP contribution >= 0.6 is 0 Å². The number of nitrogens with zero attached hydrogens (tertiary/aromatic N) is 1. The largest absolute Gasteiger partial charge is 0.491 e. The Morgan fingerprint density at radius 1 is 1.50 bits per heavy atom. The minimum absolute atomic E-state index is 0.102. The Morgan fingerprint density at radius 2 is 2.25 bits per heavy atom. The van der Waals surface area contributed by atoms with Gasteiger partial charge < -0.3 is 15.2 Å². The number of benzene rings is 1. The van der Waals surface area contributed by atoms with Gasteiger partial charge >= 0.3 is 0 Å². The van der Waals surface area contributed by atoms with Crippen molar-refractivity contribution in [1.29, 1.82) is 0 Å². The molecule has 0 aromatic heterocycles. The fourth-order valence-electron chi connectivity index (χ4n) is 1.72. The SMILES string of the molecule is C[C@@H](C[C@H]1COC(N)=N1)Oc1ccccc1. The van der Waals surface area contributed by atoms with Crippen molar-refractivity contribution in [2.24, 2.45) is 10.7 Å². The molecule has 4 nitrogen and oxygen atoms in total. The highest BCUT2D eigenvalue weighted by molar-refractivity contribution is 5.72. The summed E-state index contributed by atoms with van der Waals surface area (Å²) in [5.74, 6) is 0.880. The summed E-state index contributed by atoms with van der Waals surface area (Å²) >= 11 is 0. The van der Waals surface area contributed by atoms with Crippen LogP contribution in [0.2, 0.25) is 0 Å². The monoisotopic (exact) mass is 220 g/mol. The Kier molecular flexibility index (Phi) is 3.29. The zero-order chi connectivity index (χ0) is 11.4. The quantitative estimate of drug-likeness (QED) is 0.837. The van der Waals surface area contributed by atoms with Gasteiger partial charge in [-0.3, -0.25) is 0 Å². The van der Waals surface area contributed by atoms with Crippen LogP contribution in [0.15, 0.2) is 35.3 Å². The lowest BCUT2D eigenvalue weighted by atomic mass is 10.1. The second-order valence-corrected chi connectivity index (χ2v) is 3.91. The summed E-state index contributed by atoms with van der Waals surface area (Å²) in [7, 11) is 0. The molecular weight excluding hydrogens is 204 g/mol. The summed E-state index contributed by atoms with van der Waals surface area (Å²) in [6.45, 7) is 2.59. The number of amidine groups is 1. The molecule has 1 heterocycles. The standard InChI is InChI=1S/C12H16N2O2/c1-9(7-10-8-15-12(13)14-10)16-11-5-3-2-4-6-11/h2-6,9-10H,7-8H2,1H3,(H2,13,14)/t9-,10-/m0/s1. The van der Waals surface area contributed by atoms with Crippen molar-refractivity contribution in [3.8, 4) is 5.75 Å². The second kappa shape index (κ2) is 4.88. The van der Waals surface area contributed by atoms with Gasteiger partial charge in [-0.15, -0.1) is 0 Å². The zero-order valence-corrected chi connectivity index (χ0v) is 9.30. The number of nitrogens with two attached hydrogens (primary N) is 1. The Balaban J connectivity index is 1.83. The van der Waals surface area contributed by atoms with Crippen LogP contribution < -0.4 is 10.5 Å². The molecule has 0 fully saturated rings. The van der Waals surface area contributed by atoms with Crippen molar-refractivity contribution in [2.75, 3.05) is 6.61 Å². The van der Waals surface area contributed by atoms with E-state index in [0.717, 1.165) is 12.2 Å². The van der Waals surface area contributed by atoms with E-state index in [1.54, 1.807) is 0 Å². The molecular formula is C12H16N2O2. The molecule has 2 rings (SSSR count). The predicted molar refractivity (Wildman–Crippen MR) is 62.5 cm³/mol. The van der Waals surface area contributed by atoms with Gasteiger partial charge in [0.15, 0.2) is 0 Å². The predicted octanol–water partition coefficient (Wildman–Crippen LogP) is 1.56. The normalized spacial score (nSPS) is 21.1. The van der Waals surface area contributed by atoms with Gasteiger partial charge in [0.1, 0.15) is 12.4 Å². The van der Waals surface area contributed by atoms with E-state index in [9.17, 15) is 0 Å². The molecule has 0 spiro atoms. The van der Waals surface area contributed by atoms with E-state index >= 15 is 0 Å². The molecule has 1 aromatic rings. The number of aliphatic imine (C=N–C) groups is 1. The molecule has 0 radical (unpaired) electrons. The molecule has 1 aromatic carbocycles. The molecule has 0 amide bonds. The van der Waals surface area contributed by atoms with E-state index in [1.807, 2.05) is 37.3 Å². The number of hydrogen-bond donors (Lipinski definition) is 1. The molecule has 1 aliphatic rings. The molecule has 0 unspecified atom stereocenters. The van der Waals surface area contributed by atoms with Gasteiger partial charge in [-0.25, -0.2) is 4.99 Å². The highest BCUT2D eigenvalue weighted by Gasteiger charge is 2.20. The first-order chi connectivity index (χ1) is 7.74. The van der Waals surface area contributed by atoms with E-state index in [0.29, 0.717) is 6.61 Å². The molecule has 4 heteroatoms. The van der Waals surface area contributed by atoms with Gasteiger partial charge in [0, 0.05) is 6.42 Å². The van der Waals surface area contributed by atoms with Crippen LogP contribution in [0.25, 0.3) is 0 Å².